The standard InChI is InChI=1S/C22H20N4O3S/c1-15-10-11-18(28-2)17(13-15)23-20(27)14-30-22-25-24-21(19-9-6-12-29-19)26(22)16-7-4-3-5-8-16/h3-13H,14H2,1-2H3,(H,23,27). The van der Waals surface area contributed by atoms with Crippen LogP contribution in [0.5, 0.6) is 5.75 Å². The first-order chi connectivity index (χ1) is 14.7. The van der Waals surface area contributed by atoms with E-state index in [0.29, 0.717) is 28.2 Å². The number of furan rings is 1. The fraction of sp³-hybridized carbons (Fsp3) is 0.136. The maximum atomic E-state index is 12.6. The van der Waals surface area contributed by atoms with Crippen molar-refractivity contribution in [3.63, 3.8) is 0 Å². The third-order valence-electron chi connectivity index (χ3n) is 4.35. The number of nitrogens with zero attached hydrogens (tertiary/aromatic N) is 3. The molecule has 0 aliphatic heterocycles. The molecule has 30 heavy (non-hydrogen) atoms. The Bertz CT molecular complexity index is 1140. The molecule has 1 amide bonds. The maximum Gasteiger partial charge on any atom is 0.234 e. The molecule has 8 heteroatoms. The van der Waals surface area contributed by atoms with Crippen LogP contribution in [0.15, 0.2) is 76.5 Å². The van der Waals surface area contributed by atoms with E-state index in [9.17, 15) is 4.79 Å². The van der Waals surface area contributed by atoms with Gasteiger partial charge in [0.15, 0.2) is 10.9 Å². The SMILES string of the molecule is COc1ccc(C)cc1NC(=O)CSc1nnc(-c2ccco2)n1-c1ccccc1. The molecule has 0 saturated carbocycles. The number of hydrogen-bond donors (Lipinski definition) is 1. The molecule has 0 saturated heterocycles. The minimum absolute atomic E-state index is 0.161. The molecule has 0 spiro atoms. The molecule has 4 rings (SSSR count). The van der Waals surface area contributed by atoms with Crippen molar-refractivity contribution in [1.29, 1.82) is 0 Å². The average molecular weight is 420 g/mol. The largest absolute Gasteiger partial charge is 0.495 e. The van der Waals surface area contributed by atoms with Crippen LogP contribution in [0.4, 0.5) is 5.69 Å². The van der Waals surface area contributed by atoms with Gasteiger partial charge in [0, 0.05) is 5.69 Å². The fourth-order valence-corrected chi connectivity index (χ4v) is 3.73. The lowest BCUT2D eigenvalue weighted by Crippen LogP contribution is -2.15. The molecular formula is C22H20N4O3S. The molecule has 152 valence electrons. The van der Waals surface area contributed by atoms with Crippen molar-refractivity contribution in [3.05, 3.63) is 72.5 Å². The van der Waals surface area contributed by atoms with Crippen LogP contribution in [0.2, 0.25) is 0 Å². The van der Waals surface area contributed by atoms with Crippen LogP contribution in [0, 0.1) is 6.92 Å². The van der Waals surface area contributed by atoms with Gasteiger partial charge in [0.1, 0.15) is 5.75 Å². The van der Waals surface area contributed by atoms with E-state index in [-0.39, 0.29) is 11.7 Å². The molecule has 2 aromatic heterocycles. The summed E-state index contributed by atoms with van der Waals surface area (Å²) in [6, 6.07) is 19.0. The molecule has 4 aromatic rings. The maximum absolute atomic E-state index is 12.6. The highest BCUT2D eigenvalue weighted by atomic mass is 32.2. The van der Waals surface area contributed by atoms with Crippen LogP contribution in [0.3, 0.4) is 0 Å². The highest BCUT2D eigenvalue weighted by Gasteiger charge is 2.19. The second kappa shape index (κ2) is 8.87. The van der Waals surface area contributed by atoms with Crippen LogP contribution in [-0.4, -0.2) is 33.5 Å². The van der Waals surface area contributed by atoms with E-state index in [2.05, 4.69) is 15.5 Å². The molecule has 2 heterocycles. The Morgan fingerprint density at radius 2 is 1.97 bits per heavy atom. The number of aromatic nitrogens is 3. The van der Waals surface area contributed by atoms with Crippen LogP contribution in [0.1, 0.15) is 5.56 Å². The fourth-order valence-electron chi connectivity index (χ4n) is 2.97. The van der Waals surface area contributed by atoms with Crippen molar-refractivity contribution in [1.82, 2.24) is 14.8 Å². The number of ether oxygens (including phenoxy) is 1. The summed E-state index contributed by atoms with van der Waals surface area (Å²) < 4.78 is 12.7. The summed E-state index contributed by atoms with van der Waals surface area (Å²) in [5, 5.41) is 12.1. The molecule has 7 nitrogen and oxygen atoms in total. The van der Waals surface area contributed by atoms with Crippen LogP contribution in [0.25, 0.3) is 17.3 Å². The number of para-hydroxylation sites is 1. The number of benzene rings is 2. The Hall–Kier alpha value is -3.52. The Balaban J connectivity index is 1.55. The number of anilines is 1. The van der Waals surface area contributed by atoms with Crippen molar-refractivity contribution in [3.8, 4) is 23.0 Å². The van der Waals surface area contributed by atoms with Gasteiger partial charge in [-0.3, -0.25) is 9.36 Å². The zero-order chi connectivity index (χ0) is 20.9. The minimum atomic E-state index is -0.161. The first kappa shape index (κ1) is 19.8. The lowest BCUT2D eigenvalue weighted by molar-refractivity contribution is -0.113. The highest BCUT2D eigenvalue weighted by Crippen LogP contribution is 2.29. The number of methoxy groups -OCH3 is 1. The van der Waals surface area contributed by atoms with Crippen molar-refractivity contribution < 1.29 is 13.9 Å². The average Bonchev–Trinajstić information content (AvgIpc) is 3.43. The zero-order valence-electron chi connectivity index (χ0n) is 16.5. The molecule has 0 radical (unpaired) electrons. The second-order valence-electron chi connectivity index (χ2n) is 6.50. The number of nitrogens with one attached hydrogen (secondary N) is 1. The normalized spacial score (nSPS) is 10.7. The van der Waals surface area contributed by atoms with Gasteiger partial charge in [-0.05, 0) is 48.9 Å². The molecule has 0 atom stereocenters. The van der Waals surface area contributed by atoms with Gasteiger partial charge in [-0.1, -0.05) is 36.0 Å². The van der Waals surface area contributed by atoms with E-state index in [1.807, 2.05) is 66.1 Å². The summed E-state index contributed by atoms with van der Waals surface area (Å²) in [5.74, 6) is 1.81. The van der Waals surface area contributed by atoms with Crippen molar-refractivity contribution in [2.24, 2.45) is 0 Å². The first-order valence-corrected chi connectivity index (χ1v) is 10.3. The number of amides is 1. The number of carbonyl (C=O) groups excluding carboxylic acids is 1. The van der Waals surface area contributed by atoms with Crippen LogP contribution >= 0.6 is 11.8 Å². The Morgan fingerprint density at radius 3 is 2.70 bits per heavy atom. The number of rotatable bonds is 7. The van der Waals surface area contributed by atoms with Crippen LogP contribution < -0.4 is 10.1 Å². The summed E-state index contributed by atoms with van der Waals surface area (Å²) in [4.78, 5) is 12.6. The number of aryl methyl sites for hydroxylation is 1. The van der Waals surface area contributed by atoms with E-state index < -0.39 is 0 Å². The monoisotopic (exact) mass is 420 g/mol. The molecule has 0 aliphatic rings. The molecule has 1 N–H and O–H groups in total. The molecule has 0 aliphatic carbocycles. The Labute approximate surface area is 178 Å². The summed E-state index contributed by atoms with van der Waals surface area (Å²) in [7, 11) is 1.58. The summed E-state index contributed by atoms with van der Waals surface area (Å²) in [5.41, 5.74) is 2.56. The summed E-state index contributed by atoms with van der Waals surface area (Å²) >= 11 is 1.30. The molecule has 0 fully saturated rings. The van der Waals surface area contributed by atoms with Crippen molar-refractivity contribution in [2.45, 2.75) is 12.1 Å². The Morgan fingerprint density at radius 1 is 1.13 bits per heavy atom. The number of hydrogen-bond acceptors (Lipinski definition) is 6. The lowest BCUT2D eigenvalue weighted by atomic mass is 10.2. The predicted molar refractivity (Wildman–Crippen MR) is 116 cm³/mol. The van der Waals surface area contributed by atoms with Gasteiger partial charge in [-0.15, -0.1) is 10.2 Å². The van der Waals surface area contributed by atoms with Gasteiger partial charge in [-0.2, -0.15) is 0 Å². The zero-order valence-corrected chi connectivity index (χ0v) is 17.3. The third kappa shape index (κ3) is 4.23. The quantitative estimate of drug-likeness (QED) is 0.441. The van der Waals surface area contributed by atoms with Gasteiger partial charge < -0.3 is 14.5 Å². The van der Waals surface area contributed by atoms with Crippen LogP contribution in [-0.2, 0) is 4.79 Å². The second-order valence-corrected chi connectivity index (χ2v) is 7.44. The highest BCUT2D eigenvalue weighted by molar-refractivity contribution is 7.99. The van der Waals surface area contributed by atoms with E-state index >= 15 is 0 Å². The van der Waals surface area contributed by atoms with E-state index in [1.165, 1.54) is 11.8 Å². The number of thioether (sulfide) groups is 1. The van der Waals surface area contributed by atoms with Gasteiger partial charge in [-0.25, -0.2) is 0 Å². The van der Waals surface area contributed by atoms with Gasteiger partial charge >= 0.3 is 0 Å². The lowest BCUT2D eigenvalue weighted by Gasteiger charge is -2.11. The Kier molecular flexibility index (Phi) is 5.85. The minimum Gasteiger partial charge on any atom is -0.495 e. The van der Waals surface area contributed by atoms with Crippen molar-refractivity contribution >= 4 is 23.4 Å². The first-order valence-electron chi connectivity index (χ1n) is 9.27. The summed E-state index contributed by atoms with van der Waals surface area (Å²) in [6.07, 6.45) is 1.59. The van der Waals surface area contributed by atoms with Crippen molar-refractivity contribution in [2.75, 3.05) is 18.2 Å². The molecular weight excluding hydrogens is 400 g/mol. The van der Waals surface area contributed by atoms with Gasteiger partial charge in [0.25, 0.3) is 0 Å². The summed E-state index contributed by atoms with van der Waals surface area (Å²) in [6.45, 7) is 1.96. The van der Waals surface area contributed by atoms with E-state index in [1.54, 1.807) is 19.4 Å². The molecule has 2 aromatic carbocycles. The van der Waals surface area contributed by atoms with E-state index in [0.717, 1.165) is 11.3 Å². The molecule has 0 unspecified atom stereocenters. The number of carbonyl (C=O) groups is 1. The van der Waals surface area contributed by atoms with E-state index in [4.69, 9.17) is 9.15 Å². The van der Waals surface area contributed by atoms with Gasteiger partial charge in [0.2, 0.25) is 11.7 Å². The molecule has 0 bridgehead atoms. The predicted octanol–water partition coefficient (Wildman–Crippen LogP) is 4.58. The smallest absolute Gasteiger partial charge is 0.234 e. The topological polar surface area (TPSA) is 82.2 Å². The van der Waals surface area contributed by atoms with Gasteiger partial charge in [0.05, 0.1) is 24.8 Å². The third-order valence-corrected chi connectivity index (χ3v) is 5.28.